The molecule has 2 rings (SSSR count). The first kappa shape index (κ1) is 14.5. The zero-order valence-corrected chi connectivity index (χ0v) is 11.1. The molecule has 0 bridgehead atoms. The molecule has 1 aromatic carbocycles. The second-order valence-corrected chi connectivity index (χ2v) is 5.06. The highest BCUT2D eigenvalue weighted by Gasteiger charge is 2.37. The lowest BCUT2D eigenvalue weighted by Crippen LogP contribution is -2.53. The van der Waals surface area contributed by atoms with Crippen LogP contribution in [0.1, 0.15) is 19.8 Å². The SMILES string of the molecule is CC1(CCC(=O)O)CN(c2ccccc2F)C(=O)CO1. The standard InChI is InChI=1S/C14H16FNO4/c1-14(7-6-13(18)19)9-16(12(17)8-20-14)11-5-3-2-4-10(11)15/h2-5H,6-9H2,1H3,(H,18,19). The first-order chi connectivity index (χ1) is 9.41. The van der Waals surface area contributed by atoms with Crippen LogP contribution in [0.4, 0.5) is 10.1 Å². The monoisotopic (exact) mass is 281 g/mol. The Hall–Kier alpha value is -1.95. The Balaban J connectivity index is 2.18. The molecule has 1 aliphatic heterocycles. The van der Waals surface area contributed by atoms with Gasteiger partial charge in [0.15, 0.2) is 0 Å². The maximum absolute atomic E-state index is 13.8. The van der Waals surface area contributed by atoms with Gasteiger partial charge in [0.1, 0.15) is 12.4 Å². The van der Waals surface area contributed by atoms with E-state index in [1.54, 1.807) is 19.1 Å². The molecule has 0 radical (unpaired) electrons. The van der Waals surface area contributed by atoms with Crippen LogP contribution < -0.4 is 4.90 Å². The molecule has 1 atom stereocenters. The van der Waals surface area contributed by atoms with Crippen molar-refractivity contribution in [1.82, 2.24) is 0 Å². The minimum atomic E-state index is -0.927. The van der Waals surface area contributed by atoms with Crippen molar-refractivity contribution in [3.63, 3.8) is 0 Å². The molecule has 6 heteroatoms. The summed E-state index contributed by atoms with van der Waals surface area (Å²) in [5.41, 5.74) is -0.587. The van der Waals surface area contributed by atoms with Crippen LogP contribution in [-0.2, 0) is 14.3 Å². The van der Waals surface area contributed by atoms with Crippen LogP contribution in [0.25, 0.3) is 0 Å². The minimum Gasteiger partial charge on any atom is -0.481 e. The molecule has 1 saturated heterocycles. The highest BCUT2D eigenvalue weighted by molar-refractivity contribution is 5.95. The first-order valence-electron chi connectivity index (χ1n) is 6.32. The number of aliphatic carboxylic acids is 1. The molecule has 20 heavy (non-hydrogen) atoms. The quantitative estimate of drug-likeness (QED) is 0.914. The predicted octanol–water partition coefficient (Wildman–Crippen LogP) is 1.81. The van der Waals surface area contributed by atoms with Crippen LogP contribution in [0, 0.1) is 5.82 Å². The number of carboxylic acid groups (broad SMARTS) is 1. The third kappa shape index (κ3) is 3.14. The number of hydrogen-bond acceptors (Lipinski definition) is 3. The van der Waals surface area contributed by atoms with Gasteiger partial charge in [-0.25, -0.2) is 4.39 Å². The molecule has 1 heterocycles. The van der Waals surface area contributed by atoms with Gasteiger partial charge in [0.05, 0.1) is 17.8 Å². The average Bonchev–Trinajstić information content (AvgIpc) is 2.41. The summed E-state index contributed by atoms with van der Waals surface area (Å²) in [7, 11) is 0. The van der Waals surface area contributed by atoms with Gasteiger partial charge < -0.3 is 14.7 Å². The van der Waals surface area contributed by atoms with Gasteiger partial charge in [0, 0.05) is 6.42 Å². The summed E-state index contributed by atoms with van der Waals surface area (Å²) in [6.07, 6.45) is 0.205. The van der Waals surface area contributed by atoms with E-state index in [0.717, 1.165) is 0 Å². The van der Waals surface area contributed by atoms with Gasteiger partial charge in [-0.2, -0.15) is 0 Å². The van der Waals surface area contributed by atoms with E-state index >= 15 is 0 Å². The van der Waals surface area contributed by atoms with Crippen molar-refractivity contribution >= 4 is 17.6 Å². The number of benzene rings is 1. The van der Waals surface area contributed by atoms with E-state index in [1.807, 2.05) is 0 Å². The van der Waals surface area contributed by atoms with Crippen LogP contribution in [0.15, 0.2) is 24.3 Å². The molecule has 5 nitrogen and oxygen atoms in total. The number of carboxylic acids is 1. The zero-order chi connectivity index (χ0) is 14.8. The third-order valence-electron chi connectivity index (χ3n) is 3.35. The Morgan fingerprint density at radius 2 is 2.20 bits per heavy atom. The zero-order valence-electron chi connectivity index (χ0n) is 11.1. The summed E-state index contributed by atoms with van der Waals surface area (Å²) in [5.74, 6) is -1.74. The fraction of sp³-hybridized carbons (Fsp3) is 0.429. The van der Waals surface area contributed by atoms with Crippen molar-refractivity contribution in [3.05, 3.63) is 30.1 Å². The van der Waals surface area contributed by atoms with E-state index in [0.29, 0.717) is 0 Å². The lowest BCUT2D eigenvalue weighted by Gasteiger charge is -2.40. The molecule has 0 saturated carbocycles. The van der Waals surface area contributed by atoms with Crippen molar-refractivity contribution < 1.29 is 23.8 Å². The largest absolute Gasteiger partial charge is 0.481 e. The molecule has 1 unspecified atom stereocenters. The Labute approximate surface area is 116 Å². The van der Waals surface area contributed by atoms with Crippen molar-refractivity contribution in [1.29, 1.82) is 0 Å². The van der Waals surface area contributed by atoms with E-state index in [-0.39, 0.29) is 37.6 Å². The number of ether oxygens (including phenoxy) is 1. The molecule has 1 aliphatic rings. The van der Waals surface area contributed by atoms with Crippen LogP contribution in [-0.4, -0.2) is 35.7 Å². The van der Waals surface area contributed by atoms with Gasteiger partial charge >= 0.3 is 5.97 Å². The molecular weight excluding hydrogens is 265 g/mol. The average molecular weight is 281 g/mol. The normalized spacial score (nSPS) is 22.9. The predicted molar refractivity (Wildman–Crippen MR) is 70.0 cm³/mol. The lowest BCUT2D eigenvalue weighted by molar-refractivity contribution is -0.143. The van der Waals surface area contributed by atoms with Gasteiger partial charge in [-0.1, -0.05) is 12.1 Å². The highest BCUT2D eigenvalue weighted by Crippen LogP contribution is 2.29. The second-order valence-electron chi connectivity index (χ2n) is 5.06. The molecule has 1 amide bonds. The summed E-state index contributed by atoms with van der Waals surface area (Å²) in [5, 5.41) is 8.74. The summed E-state index contributed by atoms with van der Waals surface area (Å²) in [6.45, 7) is 1.70. The number of rotatable bonds is 4. The van der Waals surface area contributed by atoms with E-state index < -0.39 is 17.4 Å². The number of anilines is 1. The maximum atomic E-state index is 13.8. The number of halogens is 1. The fourth-order valence-corrected chi connectivity index (χ4v) is 2.19. The number of carbonyl (C=O) groups excluding carboxylic acids is 1. The first-order valence-corrected chi connectivity index (χ1v) is 6.32. The number of para-hydroxylation sites is 1. The molecular formula is C14H16FNO4. The van der Waals surface area contributed by atoms with Gasteiger partial charge in [-0.3, -0.25) is 9.59 Å². The number of carbonyl (C=O) groups is 2. The Morgan fingerprint density at radius 1 is 1.50 bits per heavy atom. The van der Waals surface area contributed by atoms with Gasteiger partial charge in [0.25, 0.3) is 5.91 Å². The molecule has 0 spiro atoms. The number of hydrogen-bond donors (Lipinski definition) is 1. The van der Waals surface area contributed by atoms with Crippen molar-refractivity contribution in [2.45, 2.75) is 25.4 Å². The molecule has 1 aromatic rings. The molecule has 0 aromatic heterocycles. The van der Waals surface area contributed by atoms with Gasteiger partial charge in [-0.05, 0) is 25.5 Å². The topological polar surface area (TPSA) is 66.8 Å². The smallest absolute Gasteiger partial charge is 0.303 e. The van der Waals surface area contributed by atoms with Crippen molar-refractivity contribution in [2.75, 3.05) is 18.1 Å². The molecule has 0 aliphatic carbocycles. The number of nitrogens with zero attached hydrogens (tertiary/aromatic N) is 1. The van der Waals surface area contributed by atoms with E-state index in [2.05, 4.69) is 0 Å². The Morgan fingerprint density at radius 3 is 2.85 bits per heavy atom. The van der Waals surface area contributed by atoms with Crippen molar-refractivity contribution in [2.24, 2.45) is 0 Å². The minimum absolute atomic E-state index is 0.0597. The Bertz CT molecular complexity index is 534. The van der Waals surface area contributed by atoms with Crippen molar-refractivity contribution in [3.8, 4) is 0 Å². The highest BCUT2D eigenvalue weighted by atomic mass is 19.1. The van der Waals surface area contributed by atoms with E-state index in [9.17, 15) is 14.0 Å². The maximum Gasteiger partial charge on any atom is 0.303 e. The molecule has 108 valence electrons. The van der Waals surface area contributed by atoms with Crippen LogP contribution in [0.3, 0.4) is 0 Å². The lowest BCUT2D eigenvalue weighted by atomic mass is 9.97. The summed E-state index contributed by atoms with van der Waals surface area (Å²) in [4.78, 5) is 23.9. The fourth-order valence-electron chi connectivity index (χ4n) is 2.19. The van der Waals surface area contributed by atoms with Crippen LogP contribution in [0.5, 0.6) is 0 Å². The third-order valence-corrected chi connectivity index (χ3v) is 3.35. The van der Waals surface area contributed by atoms with E-state index in [4.69, 9.17) is 9.84 Å². The Kier molecular flexibility index (Phi) is 4.04. The van der Waals surface area contributed by atoms with Crippen LogP contribution >= 0.6 is 0 Å². The van der Waals surface area contributed by atoms with Gasteiger partial charge in [-0.15, -0.1) is 0 Å². The summed E-state index contributed by atoms with van der Waals surface area (Å²) < 4.78 is 19.2. The van der Waals surface area contributed by atoms with Crippen LogP contribution in [0.2, 0.25) is 0 Å². The van der Waals surface area contributed by atoms with E-state index in [1.165, 1.54) is 17.0 Å². The number of amides is 1. The van der Waals surface area contributed by atoms with Gasteiger partial charge in [0.2, 0.25) is 0 Å². The number of morpholine rings is 1. The summed E-state index contributed by atoms with van der Waals surface area (Å²) in [6, 6.07) is 6.01. The second kappa shape index (κ2) is 5.58. The molecule has 1 N–H and O–H groups in total. The summed E-state index contributed by atoms with van der Waals surface area (Å²) >= 11 is 0. The molecule has 1 fully saturated rings.